The molecule has 2 nitrogen and oxygen atoms in total. The minimum atomic E-state index is -1.08. The number of hydrogen-bond acceptors (Lipinski definition) is 3. The topological polar surface area (TPSA) is 43.1 Å². The number of nitrogen functional groups attached to an aromatic ring is 1. The molecule has 2 rings (SSSR count). The van der Waals surface area contributed by atoms with Crippen LogP contribution in [-0.4, -0.2) is 15.7 Å². The van der Waals surface area contributed by atoms with Crippen LogP contribution in [0.2, 0.25) is 5.02 Å². The summed E-state index contributed by atoms with van der Waals surface area (Å²) in [6, 6.07) is 15.2. The van der Waals surface area contributed by atoms with Gasteiger partial charge < -0.3 is 5.73 Å². The highest BCUT2D eigenvalue weighted by Gasteiger charge is 2.08. The van der Waals surface area contributed by atoms with E-state index in [4.69, 9.17) is 17.3 Å². The standard InChI is InChI=1S/C14H14ClNOS2/c15-11-6-7-14(13(16)10-11)19(17)9-8-18-12-4-2-1-3-5-12/h1-7,10H,8-9,16H2. The summed E-state index contributed by atoms with van der Waals surface area (Å²) in [6.07, 6.45) is 0. The van der Waals surface area contributed by atoms with Crippen molar-refractivity contribution in [2.75, 3.05) is 17.2 Å². The molecule has 2 aromatic rings. The third kappa shape index (κ3) is 4.27. The van der Waals surface area contributed by atoms with Gasteiger partial charge in [0.1, 0.15) is 0 Å². The van der Waals surface area contributed by atoms with E-state index in [-0.39, 0.29) is 0 Å². The third-order valence-electron chi connectivity index (χ3n) is 2.50. The van der Waals surface area contributed by atoms with Gasteiger partial charge in [0, 0.05) is 27.1 Å². The van der Waals surface area contributed by atoms with Crippen molar-refractivity contribution in [3.63, 3.8) is 0 Å². The molecule has 0 amide bonds. The Bertz CT molecular complexity index is 575. The van der Waals surface area contributed by atoms with Crippen molar-refractivity contribution in [3.8, 4) is 0 Å². The van der Waals surface area contributed by atoms with Crippen molar-refractivity contribution in [1.82, 2.24) is 0 Å². The first kappa shape index (κ1) is 14.4. The minimum absolute atomic E-state index is 0.496. The van der Waals surface area contributed by atoms with E-state index in [9.17, 15) is 4.21 Å². The summed E-state index contributed by atoms with van der Waals surface area (Å²) in [4.78, 5) is 1.85. The molecule has 0 radical (unpaired) electrons. The van der Waals surface area contributed by atoms with Crippen molar-refractivity contribution in [2.45, 2.75) is 9.79 Å². The predicted molar refractivity (Wildman–Crippen MR) is 84.3 cm³/mol. The lowest BCUT2D eigenvalue weighted by Gasteiger charge is -2.06. The molecule has 0 aliphatic carbocycles. The van der Waals surface area contributed by atoms with Crippen LogP contribution in [0.1, 0.15) is 0 Å². The molecular formula is C14H14ClNOS2. The summed E-state index contributed by atoms with van der Waals surface area (Å²) in [5, 5.41) is 0.567. The highest BCUT2D eigenvalue weighted by molar-refractivity contribution is 8.00. The van der Waals surface area contributed by atoms with Gasteiger partial charge in [0.15, 0.2) is 0 Å². The number of thioether (sulfide) groups is 1. The van der Waals surface area contributed by atoms with Gasteiger partial charge in [-0.2, -0.15) is 0 Å². The molecule has 0 fully saturated rings. The van der Waals surface area contributed by atoms with E-state index < -0.39 is 10.8 Å². The van der Waals surface area contributed by atoms with Gasteiger partial charge in [0.2, 0.25) is 0 Å². The maximum atomic E-state index is 12.1. The molecule has 1 atom stereocenters. The van der Waals surface area contributed by atoms with Gasteiger partial charge in [-0.15, -0.1) is 11.8 Å². The lowest BCUT2D eigenvalue weighted by atomic mass is 10.3. The average Bonchev–Trinajstić information content (AvgIpc) is 2.39. The molecular weight excluding hydrogens is 298 g/mol. The fraction of sp³-hybridized carbons (Fsp3) is 0.143. The van der Waals surface area contributed by atoms with Crippen LogP contribution >= 0.6 is 23.4 Å². The second-order valence-electron chi connectivity index (χ2n) is 3.89. The number of anilines is 1. The van der Waals surface area contributed by atoms with E-state index in [1.165, 1.54) is 4.90 Å². The van der Waals surface area contributed by atoms with E-state index in [0.717, 1.165) is 5.75 Å². The van der Waals surface area contributed by atoms with Gasteiger partial charge in [-0.3, -0.25) is 4.21 Å². The number of benzene rings is 2. The van der Waals surface area contributed by atoms with Crippen molar-refractivity contribution in [3.05, 3.63) is 53.6 Å². The molecule has 5 heteroatoms. The van der Waals surface area contributed by atoms with Crippen molar-refractivity contribution >= 4 is 39.8 Å². The summed E-state index contributed by atoms with van der Waals surface area (Å²) in [5.41, 5.74) is 6.32. The summed E-state index contributed by atoms with van der Waals surface area (Å²) in [7, 11) is -1.08. The Morgan fingerprint density at radius 3 is 2.58 bits per heavy atom. The Morgan fingerprint density at radius 2 is 1.89 bits per heavy atom. The van der Waals surface area contributed by atoms with Gasteiger partial charge in [0.05, 0.1) is 15.7 Å². The summed E-state index contributed by atoms with van der Waals surface area (Å²) in [5.74, 6) is 1.37. The Kier molecular flexibility index (Phi) is 5.31. The molecule has 0 spiro atoms. The highest BCUT2D eigenvalue weighted by Crippen LogP contribution is 2.23. The number of hydrogen-bond donors (Lipinski definition) is 1. The zero-order chi connectivity index (χ0) is 13.7. The van der Waals surface area contributed by atoms with E-state index in [2.05, 4.69) is 0 Å². The Hall–Kier alpha value is -0.970. The fourth-order valence-electron chi connectivity index (χ4n) is 1.59. The Labute approximate surface area is 124 Å². The van der Waals surface area contributed by atoms with Crippen LogP contribution in [0.5, 0.6) is 0 Å². The van der Waals surface area contributed by atoms with E-state index >= 15 is 0 Å². The zero-order valence-electron chi connectivity index (χ0n) is 10.2. The summed E-state index contributed by atoms with van der Waals surface area (Å²) in [6.45, 7) is 0. The molecule has 100 valence electrons. The molecule has 1 unspecified atom stereocenters. The number of nitrogens with two attached hydrogens (primary N) is 1. The lowest BCUT2D eigenvalue weighted by molar-refractivity contribution is 0.684. The van der Waals surface area contributed by atoms with Crippen LogP contribution in [0.15, 0.2) is 58.3 Å². The molecule has 19 heavy (non-hydrogen) atoms. The summed E-state index contributed by atoms with van der Waals surface area (Å²) < 4.78 is 12.1. The first-order valence-electron chi connectivity index (χ1n) is 5.78. The Balaban J connectivity index is 1.91. The van der Waals surface area contributed by atoms with Crippen molar-refractivity contribution in [2.24, 2.45) is 0 Å². The smallest absolute Gasteiger partial charge is 0.0618 e. The fourth-order valence-corrected chi connectivity index (χ4v) is 4.05. The van der Waals surface area contributed by atoms with Gasteiger partial charge in [-0.1, -0.05) is 29.8 Å². The van der Waals surface area contributed by atoms with Gasteiger partial charge in [-0.05, 0) is 30.3 Å². The molecule has 0 aromatic heterocycles. The Morgan fingerprint density at radius 1 is 1.16 bits per heavy atom. The highest BCUT2D eigenvalue weighted by atomic mass is 35.5. The molecule has 2 aromatic carbocycles. The van der Waals surface area contributed by atoms with Gasteiger partial charge in [-0.25, -0.2) is 0 Å². The van der Waals surface area contributed by atoms with E-state index in [1.54, 1.807) is 30.0 Å². The van der Waals surface area contributed by atoms with Crippen LogP contribution in [0, 0.1) is 0 Å². The normalized spacial score (nSPS) is 12.3. The predicted octanol–water partition coefficient (Wildman–Crippen LogP) is 3.82. The monoisotopic (exact) mass is 311 g/mol. The molecule has 2 N–H and O–H groups in total. The second kappa shape index (κ2) is 6.98. The van der Waals surface area contributed by atoms with Crippen molar-refractivity contribution < 1.29 is 4.21 Å². The van der Waals surface area contributed by atoms with Crippen LogP contribution in [-0.2, 0) is 10.8 Å². The molecule has 0 aliphatic rings. The van der Waals surface area contributed by atoms with Crippen molar-refractivity contribution in [1.29, 1.82) is 0 Å². The third-order valence-corrected chi connectivity index (χ3v) is 5.44. The van der Waals surface area contributed by atoms with Crippen LogP contribution < -0.4 is 5.73 Å². The largest absolute Gasteiger partial charge is 0.398 e. The van der Waals surface area contributed by atoms with E-state index in [1.807, 2.05) is 30.3 Å². The van der Waals surface area contributed by atoms with Crippen LogP contribution in [0.25, 0.3) is 0 Å². The molecule has 0 saturated carbocycles. The zero-order valence-corrected chi connectivity index (χ0v) is 12.6. The van der Waals surface area contributed by atoms with Crippen LogP contribution in [0.4, 0.5) is 5.69 Å². The summed E-state index contributed by atoms with van der Waals surface area (Å²) >= 11 is 7.52. The SMILES string of the molecule is Nc1cc(Cl)ccc1S(=O)CCSc1ccccc1. The second-order valence-corrected chi connectivity index (χ2v) is 7.04. The quantitative estimate of drug-likeness (QED) is 0.674. The average molecular weight is 312 g/mol. The first-order valence-corrected chi connectivity index (χ1v) is 8.46. The molecule has 0 aliphatic heterocycles. The maximum Gasteiger partial charge on any atom is 0.0618 e. The van der Waals surface area contributed by atoms with E-state index in [0.29, 0.717) is 21.4 Å². The maximum absolute atomic E-state index is 12.1. The number of halogens is 1. The molecule has 0 saturated heterocycles. The molecule has 0 bridgehead atoms. The lowest BCUT2D eigenvalue weighted by Crippen LogP contribution is -2.04. The van der Waals surface area contributed by atoms with Crippen LogP contribution in [0.3, 0.4) is 0 Å². The van der Waals surface area contributed by atoms with Gasteiger partial charge in [0.25, 0.3) is 0 Å². The minimum Gasteiger partial charge on any atom is -0.398 e. The first-order chi connectivity index (χ1) is 9.16. The molecule has 0 heterocycles. The number of rotatable bonds is 5. The van der Waals surface area contributed by atoms with Gasteiger partial charge >= 0.3 is 0 Å².